The average Bonchev–Trinajstić information content (AvgIpc) is 2.73. The van der Waals surface area contributed by atoms with Gasteiger partial charge < -0.3 is 18.9 Å². The monoisotopic (exact) mass is 502 g/mol. The normalized spacial score (nSPS) is 12.2. The minimum absolute atomic E-state index is 0.0286. The molecule has 0 saturated carbocycles. The van der Waals surface area contributed by atoms with E-state index in [9.17, 15) is 13.2 Å². The summed E-state index contributed by atoms with van der Waals surface area (Å²) < 4.78 is 51.4. The number of hydrogen-bond donors (Lipinski definition) is 0. The molecule has 0 saturated heterocycles. The predicted octanol–water partition coefficient (Wildman–Crippen LogP) is 3.49. The molecule has 0 amide bonds. The summed E-state index contributed by atoms with van der Waals surface area (Å²) in [6.07, 6.45) is -1.22. The standard InChI is InChI=1S/C20H23BrO8S/c1-13-5-7-14(8-6-13)30(23,24)28-12-11-17(20(22)27-4)29-18-15(21)9-10-16(25-2)19(18)26-3/h5-10,17H,11-12H2,1-4H3. The first kappa shape index (κ1) is 24.0. The third kappa shape index (κ3) is 5.87. The average molecular weight is 503 g/mol. The van der Waals surface area contributed by atoms with Gasteiger partial charge in [-0.1, -0.05) is 17.7 Å². The fraction of sp³-hybridized carbons (Fsp3) is 0.350. The molecule has 0 fully saturated rings. The van der Waals surface area contributed by atoms with E-state index in [1.165, 1.54) is 33.5 Å². The smallest absolute Gasteiger partial charge is 0.347 e. The lowest BCUT2D eigenvalue weighted by Gasteiger charge is -2.20. The van der Waals surface area contributed by atoms with Crippen LogP contribution in [0.2, 0.25) is 0 Å². The van der Waals surface area contributed by atoms with E-state index in [1.807, 2.05) is 6.92 Å². The molecule has 8 nitrogen and oxygen atoms in total. The number of aryl methyl sites for hydroxylation is 1. The first-order chi connectivity index (χ1) is 14.2. The Bertz CT molecular complexity index is 973. The van der Waals surface area contributed by atoms with Crippen LogP contribution in [0.4, 0.5) is 0 Å². The molecule has 2 aromatic rings. The SMILES string of the molecule is COC(=O)C(CCOS(=O)(=O)c1ccc(C)cc1)Oc1c(Br)ccc(OC)c1OC. The molecule has 0 aromatic heterocycles. The van der Waals surface area contributed by atoms with Crippen LogP contribution in [0.25, 0.3) is 0 Å². The Balaban J connectivity index is 2.16. The van der Waals surface area contributed by atoms with E-state index in [4.69, 9.17) is 23.1 Å². The second kappa shape index (κ2) is 10.6. The largest absolute Gasteiger partial charge is 0.493 e. The van der Waals surface area contributed by atoms with Crippen molar-refractivity contribution in [3.8, 4) is 17.2 Å². The Kier molecular flexibility index (Phi) is 8.51. The highest BCUT2D eigenvalue weighted by molar-refractivity contribution is 9.10. The van der Waals surface area contributed by atoms with Crippen molar-refractivity contribution in [3.05, 3.63) is 46.4 Å². The van der Waals surface area contributed by atoms with Crippen LogP contribution in [0, 0.1) is 6.92 Å². The van der Waals surface area contributed by atoms with Crippen molar-refractivity contribution in [2.75, 3.05) is 27.9 Å². The molecule has 10 heteroatoms. The lowest BCUT2D eigenvalue weighted by molar-refractivity contribution is -0.149. The zero-order valence-electron chi connectivity index (χ0n) is 17.0. The van der Waals surface area contributed by atoms with Crippen molar-refractivity contribution < 1.29 is 36.3 Å². The topological polar surface area (TPSA) is 97.4 Å². The van der Waals surface area contributed by atoms with Gasteiger partial charge in [0.15, 0.2) is 17.6 Å². The molecule has 0 spiro atoms. The van der Waals surface area contributed by atoms with Crippen molar-refractivity contribution >= 4 is 32.0 Å². The number of methoxy groups -OCH3 is 3. The predicted molar refractivity (Wildman–Crippen MR) is 113 cm³/mol. The van der Waals surface area contributed by atoms with Gasteiger partial charge in [0.25, 0.3) is 10.1 Å². The van der Waals surface area contributed by atoms with Crippen LogP contribution in [0.15, 0.2) is 45.8 Å². The number of ether oxygens (including phenoxy) is 4. The van der Waals surface area contributed by atoms with Gasteiger partial charge >= 0.3 is 5.97 Å². The molecule has 0 aliphatic rings. The maximum absolute atomic E-state index is 12.3. The summed E-state index contributed by atoms with van der Waals surface area (Å²) in [5.74, 6) is 0.197. The minimum atomic E-state index is -3.97. The van der Waals surface area contributed by atoms with E-state index in [0.717, 1.165) is 5.56 Å². The third-order valence-electron chi connectivity index (χ3n) is 4.10. The van der Waals surface area contributed by atoms with Crippen molar-refractivity contribution in [2.24, 2.45) is 0 Å². The number of carbonyl (C=O) groups is 1. The molecule has 2 aromatic carbocycles. The van der Waals surface area contributed by atoms with E-state index in [-0.39, 0.29) is 29.4 Å². The van der Waals surface area contributed by atoms with Crippen molar-refractivity contribution in [1.82, 2.24) is 0 Å². The quantitative estimate of drug-likeness (QED) is 0.359. The lowest BCUT2D eigenvalue weighted by Crippen LogP contribution is -2.30. The van der Waals surface area contributed by atoms with Gasteiger partial charge in [0.1, 0.15) is 0 Å². The number of benzene rings is 2. The second-order valence-corrected chi connectivity index (χ2v) is 8.59. The molecule has 0 aliphatic heterocycles. The van der Waals surface area contributed by atoms with E-state index < -0.39 is 22.2 Å². The van der Waals surface area contributed by atoms with Gasteiger partial charge in [-0.05, 0) is 47.1 Å². The number of rotatable bonds is 10. The molecule has 0 heterocycles. The van der Waals surface area contributed by atoms with Gasteiger partial charge in [-0.25, -0.2) is 4.79 Å². The Hall–Kier alpha value is -2.30. The van der Waals surface area contributed by atoms with E-state index >= 15 is 0 Å². The molecule has 0 aliphatic carbocycles. The van der Waals surface area contributed by atoms with Gasteiger partial charge in [0.2, 0.25) is 5.75 Å². The van der Waals surface area contributed by atoms with Gasteiger partial charge in [-0.15, -0.1) is 0 Å². The highest BCUT2D eigenvalue weighted by atomic mass is 79.9. The Morgan fingerprint density at radius 2 is 1.67 bits per heavy atom. The Morgan fingerprint density at radius 3 is 2.23 bits per heavy atom. The summed E-state index contributed by atoms with van der Waals surface area (Å²) in [5.41, 5.74) is 0.922. The molecule has 0 radical (unpaired) electrons. The highest BCUT2D eigenvalue weighted by Crippen LogP contribution is 2.43. The van der Waals surface area contributed by atoms with Crippen LogP contribution in [-0.2, 0) is 23.8 Å². The number of halogens is 1. The van der Waals surface area contributed by atoms with Gasteiger partial charge in [-0.2, -0.15) is 8.42 Å². The zero-order chi connectivity index (χ0) is 22.3. The second-order valence-electron chi connectivity index (χ2n) is 6.12. The molecule has 0 bridgehead atoms. The van der Waals surface area contributed by atoms with Crippen molar-refractivity contribution in [2.45, 2.75) is 24.3 Å². The third-order valence-corrected chi connectivity index (χ3v) is 6.06. The molecule has 1 unspecified atom stereocenters. The van der Waals surface area contributed by atoms with Crippen LogP contribution in [0.3, 0.4) is 0 Å². The van der Waals surface area contributed by atoms with Crippen molar-refractivity contribution in [1.29, 1.82) is 0 Å². The molecular weight excluding hydrogens is 480 g/mol. The van der Waals surface area contributed by atoms with Crippen LogP contribution in [-0.4, -0.2) is 48.4 Å². The van der Waals surface area contributed by atoms with E-state index in [0.29, 0.717) is 10.2 Å². The van der Waals surface area contributed by atoms with Crippen LogP contribution in [0.5, 0.6) is 17.2 Å². The number of esters is 1. The zero-order valence-corrected chi connectivity index (χ0v) is 19.4. The van der Waals surface area contributed by atoms with Gasteiger partial charge in [-0.3, -0.25) is 4.18 Å². The van der Waals surface area contributed by atoms with E-state index in [1.54, 1.807) is 24.3 Å². The van der Waals surface area contributed by atoms with E-state index in [2.05, 4.69) is 15.9 Å². The number of hydrogen-bond acceptors (Lipinski definition) is 8. The first-order valence-corrected chi connectivity index (χ1v) is 11.0. The Morgan fingerprint density at radius 1 is 1.00 bits per heavy atom. The summed E-state index contributed by atoms with van der Waals surface area (Å²) in [6.45, 7) is 1.56. The van der Waals surface area contributed by atoms with Crippen LogP contribution < -0.4 is 14.2 Å². The number of carbonyl (C=O) groups excluding carboxylic acids is 1. The van der Waals surface area contributed by atoms with Crippen LogP contribution >= 0.6 is 15.9 Å². The Labute approximate surface area is 184 Å². The summed E-state index contributed by atoms with van der Waals surface area (Å²) in [6, 6.07) is 9.59. The van der Waals surface area contributed by atoms with Crippen LogP contribution in [0.1, 0.15) is 12.0 Å². The highest BCUT2D eigenvalue weighted by Gasteiger charge is 2.27. The lowest BCUT2D eigenvalue weighted by atomic mass is 10.2. The fourth-order valence-electron chi connectivity index (χ4n) is 2.52. The molecule has 164 valence electrons. The molecule has 2 rings (SSSR count). The fourth-order valence-corrected chi connectivity index (χ4v) is 3.85. The minimum Gasteiger partial charge on any atom is -0.493 e. The summed E-state index contributed by atoms with van der Waals surface area (Å²) >= 11 is 3.35. The molecule has 1 atom stereocenters. The molecule has 30 heavy (non-hydrogen) atoms. The first-order valence-electron chi connectivity index (χ1n) is 8.84. The molecule has 0 N–H and O–H groups in total. The maximum atomic E-state index is 12.3. The van der Waals surface area contributed by atoms with Gasteiger partial charge in [0.05, 0.1) is 37.3 Å². The van der Waals surface area contributed by atoms with Crippen molar-refractivity contribution in [3.63, 3.8) is 0 Å². The molecular formula is C20H23BrO8S. The summed E-state index contributed by atoms with van der Waals surface area (Å²) in [5, 5.41) is 0. The summed E-state index contributed by atoms with van der Waals surface area (Å²) in [4.78, 5) is 12.2. The van der Waals surface area contributed by atoms with Gasteiger partial charge in [0, 0.05) is 6.42 Å². The maximum Gasteiger partial charge on any atom is 0.347 e. The summed E-state index contributed by atoms with van der Waals surface area (Å²) in [7, 11) is 0.139.